The molecule has 1 heterocycles. The van der Waals surface area contributed by atoms with E-state index < -0.39 is 6.10 Å². The molecule has 0 saturated heterocycles. The second kappa shape index (κ2) is 5.44. The first-order chi connectivity index (χ1) is 6.72. The largest absolute Gasteiger partial charge is 0.456 e. The summed E-state index contributed by atoms with van der Waals surface area (Å²) in [5, 5.41) is 2.48. The normalized spacial score (nSPS) is 11.8. The van der Waals surface area contributed by atoms with E-state index in [2.05, 4.69) is 22.6 Å². The number of rotatable bonds is 4. The van der Waals surface area contributed by atoms with Gasteiger partial charge in [0.15, 0.2) is 0 Å². The Morgan fingerprint density at radius 1 is 1.71 bits per heavy atom. The van der Waals surface area contributed by atoms with Crippen molar-refractivity contribution in [1.29, 1.82) is 0 Å². The smallest absolute Gasteiger partial charge is 0.303 e. The van der Waals surface area contributed by atoms with Gasteiger partial charge in [-0.2, -0.15) is 0 Å². The maximum absolute atomic E-state index is 10.7. The van der Waals surface area contributed by atoms with Crippen LogP contribution in [0.1, 0.15) is 12.6 Å². The fourth-order valence-electron chi connectivity index (χ4n) is 1.02. The molecule has 0 bridgehead atoms. The van der Waals surface area contributed by atoms with Crippen molar-refractivity contribution in [2.45, 2.75) is 19.4 Å². The Balaban J connectivity index is 2.57. The molecule has 73 valence electrons. The van der Waals surface area contributed by atoms with Gasteiger partial charge in [-0.05, 0) is 12.1 Å². The van der Waals surface area contributed by atoms with E-state index in [9.17, 15) is 4.79 Å². The minimum atomic E-state index is -0.489. The summed E-state index contributed by atoms with van der Waals surface area (Å²) < 4.78 is 4.91. The van der Waals surface area contributed by atoms with Gasteiger partial charge >= 0.3 is 5.97 Å². The highest BCUT2D eigenvalue weighted by Crippen LogP contribution is 2.01. The van der Waals surface area contributed by atoms with Crippen molar-refractivity contribution in [3.8, 4) is 0 Å². The van der Waals surface area contributed by atoms with E-state index in [0.717, 1.165) is 5.69 Å². The minimum absolute atomic E-state index is 0.358. The Morgan fingerprint density at radius 3 is 3.00 bits per heavy atom. The van der Waals surface area contributed by atoms with Gasteiger partial charge in [0.2, 0.25) is 0 Å². The lowest BCUT2D eigenvalue weighted by molar-refractivity contribution is -0.143. The third-order valence-corrected chi connectivity index (χ3v) is 1.82. The lowest BCUT2D eigenvalue weighted by Crippen LogP contribution is -2.20. The van der Waals surface area contributed by atoms with E-state index in [1.165, 1.54) is 6.92 Å². The van der Waals surface area contributed by atoms with Crippen molar-refractivity contribution in [2.75, 3.05) is 0 Å². The number of esters is 1. The lowest BCUT2D eigenvalue weighted by atomic mass is 10.2. The van der Waals surface area contributed by atoms with Gasteiger partial charge in [0, 0.05) is 25.2 Å². The van der Waals surface area contributed by atoms with Crippen LogP contribution >= 0.6 is 12.2 Å². The molecule has 0 aromatic carbocycles. The first-order valence-electron chi connectivity index (χ1n) is 4.17. The number of pyridine rings is 1. The Morgan fingerprint density at radius 2 is 2.50 bits per heavy atom. The first kappa shape index (κ1) is 10.8. The first-order valence-corrected chi connectivity index (χ1v) is 4.58. The fourth-order valence-corrected chi connectivity index (χ4v) is 1.15. The molecule has 1 unspecified atom stereocenters. The van der Waals surface area contributed by atoms with E-state index in [1.807, 2.05) is 18.2 Å². The number of aromatic nitrogens is 1. The molecule has 0 fully saturated rings. The van der Waals surface area contributed by atoms with Gasteiger partial charge in [0.05, 0.1) is 5.37 Å². The highest BCUT2D eigenvalue weighted by atomic mass is 32.1. The van der Waals surface area contributed by atoms with Gasteiger partial charge in [-0.3, -0.25) is 9.78 Å². The Labute approximate surface area is 88.1 Å². The van der Waals surface area contributed by atoms with Gasteiger partial charge in [-0.25, -0.2) is 0 Å². The molecule has 0 spiro atoms. The third-order valence-electron chi connectivity index (χ3n) is 1.56. The number of hydrogen-bond acceptors (Lipinski definition) is 4. The number of ether oxygens (including phenoxy) is 1. The highest BCUT2D eigenvalue weighted by Gasteiger charge is 2.10. The van der Waals surface area contributed by atoms with Crippen LogP contribution in [0.15, 0.2) is 24.4 Å². The lowest BCUT2D eigenvalue weighted by Gasteiger charge is -2.10. The molecular formula is C10H10NO2S. The van der Waals surface area contributed by atoms with Gasteiger partial charge in [0.25, 0.3) is 0 Å². The van der Waals surface area contributed by atoms with Gasteiger partial charge in [0.1, 0.15) is 6.10 Å². The summed E-state index contributed by atoms with van der Waals surface area (Å²) >= 11 is 4.64. The second-order valence-electron chi connectivity index (χ2n) is 2.74. The molecule has 0 aliphatic rings. The van der Waals surface area contributed by atoms with E-state index in [4.69, 9.17) is 4.74 Å². The van der Waals surface area contributed by atoms with Crippen LogP contribution in [0, 0.1) is 0 Å². The van der Waals surface area contributed by atoms with Crippen LogP contribution in [0.4, 0.5) is 0 Å². The molecule has 1 atom stereocenters. The van der Waals surface area contributed by atoms with Crippen molar-refractivity contribution in [3.63, 3.8) is 0 Å². The summed E-state index contributed by atoms with van der Waals surface area (Å²) in [5.74, 6) is -0.358. The van der Waals surface area contributed by atoms with Crippen LogP contribution in [0.5, 0.6) is 0 Å². The van der Waals surface area contributed by atoms with E-state index >= 15 is 0 Å². The van der Waals surface area contributed by atoms with Crippen LogP contribution in [-0.2, 0) is 16.0 Å². The molecule has 0 N–H and O–H groups in total. The summed E-state index contributed by atoms with van der Waals surface area (Å²) in [7, 11) is 0. The summed E-state index contributed by atoms with van der Waals surface area (Å²) in [6.07, 6.45) is 1.67. The molecule has 0 aliphatic carbocycles. The van der Waals surface area contributed by atoms with Crippen LogP contribution in [0.3, 0.4) is 0 Å². The number of carbonyl (C=O) groups excluding carboxylic acids is 1. The number of hydrogen-bond donors (Lipinski definition) is 0. The topological polar surface area (TPSA) is 39.2 Å². The summed E-state index contributed by atoms with van der Waals surface area (Å²) in [4.78, 5) is 14.8. The van der Waals surface area contributed by atoms with Crippen LogP contribution in [-0.4, -0.2) is 22.4 Å². The molecule has 1 rings (SSSR count). The number of carbonyl (C=O) groups is 1. The zero-order valence-corrected chi connectivity index (χ0v) is 8.58. The van der Waals surface area contributed by atoms with Crippen molar-refractivity contribution < 1.29 is 9.53 Å². The molecule has 1 radical (unpaired) electrons. The van der Waals surface area contributed by atoms with Crippen molar-refractivity contribution in [3.05, 3.63) is 30.1 Å². The summed E-state index contributed by atoms with van der Waals surface area (Å²) in [6, 6.07) is 5.55. The van der Waals surface area contributed by atoms with Gasteiger partial charge in [-0.15, -0.1) is 0 Å². The van der Waals surface area contributed by atoms with Crippen LogP contribution in [0.2, 0.25) is 0 Å². The maximum atomic E-state index is 10.7. The fraction of sp³-hybridized carbons (Fsp3) is 0.300. The molecule has 4 heteroatoms. The minimum Gasteiger partial charge on any atom is -0.456 e. The maximum Gasteiger partial charge on any atom is 0.303 e. The average Bonchev–Trinajstić information content (AvgIpc) is 2.17. The quantitative estimate of drug-likeness (QED) is 0.554. The molecule has 0 aliphatic heterocycles. The predicted octanol–water partition coefficient (Wildman–Crippen LogP) is 1.43. The molecule has 14 heavy (non-hydrogen) atoms. The summed E-state index contributed by atoms with van der Waals surface area (Å²) in [5.41, 5.74) is 0.830. The van der Waals surface area contributed by atoms with E-state index in [-0.39, 0.29) is 5.97 Å². The second-order valence-corrected chi connectivity index (χ2v) is 2.98. The third kappa shape index (κ3) is 3.62. The van der Waals surface area contributed by atoms with Crippen LogP contribution in [0.25, 0.3) is 0 Å². The van der Waals surface area contributed by atoms with Crippen molar-refractivity contribution in [2.24, 2.45) is 0 Å². The average molecular weight is 208 g/mol. The molecule has 1 aromatic heterocycles. The molecule has 0 saturated carbocycles. The van der Waals surface area contributed by atoms with E-state index in [0.29, 0.717) is 6.42 Å². The van der Waals surface area contributed by atoms with Crippen molar-refractivity contribution >= 4 is 23.6 Å². The monoisotopic (exact) mass is 208 g/mol. The van der Waals surface area contributed by atoms with Crippen molar-refractivity contribution in [1.82, 2.24) is 4.98 Å². The van der Waals surface area contributed by atoms with Gasteiger partial charge in [-0.1, -0.05) is 18.3 Å². The Bertz CT molecular complexity index is 313. The SMILES string of the molecule is CC(=O)OC([C]=S)Cc1ccccn1. The molecule has 0 amide bonds. The molecule has 3 nitrogen and oxygen atoms in total. The number of nitrogens with zero attached hydrogens (tertiary/aromatic N) is 1. The van der Waals surface area contributed by atoms with E-state index in [1.54, 1.807) is 6.20 Å². The zero-order valence-electron chi connectivity index (χ0n) is 7.77. The van der Waals surface area contributed by atoms with Crippen LogP contribution < -0.4 is 0 Å². The highest BCUT2D eigenvalue weighted by molar-refractivity contribution is 7.79. The standard InChI is InChI=1S/C10H10NO2S/c1-8(12)13-10(7-14)6-9-4-2-3-5-11-9/h2-5,10H,6H2,1H3. The predicted molar refractivity (Wildman–Crippen MR) is 56.1 cm³/mol. The molecule has 1 aromatic rings. The molecular weight excluding hydrogens is 198 g/mol. The van der Waals surface area contributed by atoms with Gasteiger partial charge < -0.3 is 4.74 Å². The summed E-state index contributed by atoms with van der Waals surface area (Å²) in [6.45, 7) is 1.35. The Hall–Kier alpha value is -1.29. The zero-order chi connectivity index (χ0) is 10.4. The Kier molecular flexibility index (Phi) is 4.19. The number of thiocarbonyl (C=S) groups is 1.